The monoisotopic (exact) mass is 514 g/mol. The highest BCUT2D eigenvalue weighted by Gasteiger charge is 2.29. The van der Waals surface area contributed by atoms with Crippen LogP contribution >= 0.6 is 0 Å². The number of primary amides is 1. The Morgan fingerprint density at radius 3 is 2.74 bits per heavy atom. The lowest BCUT2D eigenvalue weighted by Crippen LogP contribution is -2.29. The number of carbonyl (C=O) groups excluding carboxylic acids is 2. The number of benzene rings is 1. The molecule has 0 bridgehead atoms. The number of aromatic nitrogens is 4. The first-order valence-electron chi connectivity index (χ1n) is 11.7. The topological polar surface area (TPSA) is 158 Å². The van der Waals surface area contributed by atoms with Crippen LogP contribution in [0.25, 0.3) is 11.4 Å². The lowest BCUT2D eigenvalue weighted by atomic mass is 10.1. The minimum Gasteiger partial charge on any atom is -0.491 e. The molecular weight excluding hydrogens is 488 g/mol. The van der Waals surface area contributed by atoms with Gasteiger partial charge in [-0.15, -0.1) is 0 Å². The third-order valence-electron chi connectivity index (χ3n) is 5.38. The van der Waals surface area contributed by atoms with Crippen LogP contribution in [0.15, 0.2) is 59.5 Å². The van der Waals surface area contributed by atoms with Gasteiger partial charge in [0.15, 0.2) is 5.69 Å². The molecule has 1 atom stereocenters. The van der Waals surface area contributed by atoms with Crippen molar-refractivity contribution in [2.24, 2.45) is 5.73 Å². The number of hydrogen-bond donors (Lipinski definition) is 3. The number of rotatable bonds is 4. The second-order valence-electron chi connectivity index (χ2n) is 8.32. The van der Waals surface area contributed by atoms with E-state index in [1.807, 2.05) is 13.0 Å². The fourth-order valence-corrected chi connectivity index (χ4v) is 3.67. The molecule has 4 heterocycles. The quantitative estimate of drug-likeness (QED) is 0.349. The first-order valence-corrected chi connectivity index (χ1v) is 11.7. The SMILES string of the molecule is CC(O)C#Cc1ccc2c(c1)-c1nc(C(N)=O)c(C(=O)NCc3cccnc3)n1CCO2.Cc1ccno1. The Labute approximate surface area is 218 Å². The highest BCUT2D eigenvalue weighted by atomic mass is 16.5. The van der Waals surface area contributed by atoms with Gasteiger partial charge in [-0.3, -0.25) is 14.6 Å². The third kappa shape index (κ3) is 6.24. The van der Waals surface area contributed by atoms with Gasteiger partial charge in [-0.25, -0.2) is 4.98 Å². The normalized spacial score (nSPS) is 12.2. The van der Waals surface area contributed by atoms with Gasteiger partial charge in [0.2, 0.25) is 0 Å². The van der Waals surface area contributed by atoms with Crippen LogP contribution in [0, 0.1) is 18.8 Å². The zero-order valence-corrected chi connectivity index (χ0v) is 20.8. The molecule has 1 aliphatic heterocycles. The number of hydrogen-bond acceptors (Lipinski definition) is 8. The van der Waals surface area contributed by atoms with Crippen molar-refractivity contribution < 1.29 is 24.0 Å². The summed E-state index contributed by atoms with van der Waals surface area (Å²) in [7, 11) is 0. The average Bonchev–Trinajstić information content (AvgIpc) is 3.50. The van der Waals surface area contributed by atoms with Crippen LogP contribution in [0.3, 0.4) is 0 Å². The zero-order chi connectivity index (χ0) is 27.1. The van der Waals surface area contributed by atoms with Gasteiger partial charge < -0.3 is 30.0 Å². The van der Waals surface area contributed by atoms with E-state index in [-0.39, 0.29) is 24.5 Å². The van der Waals surface area contributed by atoms with Crippen LogP contribution in [-0.4, -0.2) is 49.3 Å². The van der Waals surface area contributed by atoms with Crippen LogP contribution in [0.1, 0.15) is 44.8 Å². The van der Waals surface area contributed by atoms with Gasteiger partial charge in [-0.05, 0) is 43.7 Å². The molecule has 0 radical (unpaired) electrons. The third-order valence-corrected chi connectivity index (χ3v) is 5.38. The molecule has 1 unspecified atom stereocenters. The Hall–Kier alpha value is -4.95. The number of amides is 2. The standard InChI is InChI=1S/C23H21N5O4.C4H5NO/c1-14(29)4-5-15-6-7-18-17(11-15)22-27-19(21(24)30)20(28(22)9-10-32-18)23(31)26-13-16-3-2-8-25-12-16;1-4-2-3-5-6-4/h2-3,6-8,11-12,14,29H,9-10,13H2,1H3,(H2,24,30)(H,26,31);2-3H,1H3. The van der Waals surface area contributed by atoms with Crippen LogP contribution in [0.5, 0.6) is 5.75 Å². The molecule has 5 rings (SSSR count). The highest BCUT2D eigenvalue weighted by Crippen LogP contribution is 2.34. The second kappa shape index (κ2) is 11.9. The summed E-state index contributed by atoms with van der Waals surface area (Å²) in [5.41, 5.74) is 7.54. The maximum absolute atomic E-state index is 13.1. The maximum atomic E-state index is 13.1. The Bertz CT molecular complexity index is 1480. The van der Waals surface area contributed by atoms with Gasteiger partial charge >= 0.3 is 0 Å². The number of fused-ring (bicyclic) bond motifs is 3. The summed E-state index contributed by atoms with van der Waals surface area (Å²) in [6.07, 6.45) is 4.13. The molecule has 4 N–H and O–H groups in total. The molecule has 38 heavy (non-hydrogen) atoms. The molecule has 0 fully saturated rings. The molecule has 0 saturated heterocycles. The Kier molecular flexibility index (Phi) is 8.15. The minimum absolute atomic E-state index is 0.0771. The first kappa shape index (κ1) is 26.1. The number of nitrogens with zero attached hydrogens (tertiary/aromatic N) is 4. The molecule has 11 heteroatoms. The maximum Gasteiger partial charge on any atom is 0.270 e. The summed E-state index contributed by atoms with van der Waals surface area (Å²) >= 11 is 0. The molecule has 11 nitrogen and oxygen atoms in total. The molecule has 3 aromatic heterocycles. The number of aryl methyl sites for hydroxylation is 1. The van der Waals surface area contributed by atoms with Crippen molar-refractivity contribution >= 4 is 11.8 Å². The number of aliphatic hydroxyl groups is 1. The summed E-state index contributed by atoms with van der Waals surface area (Å²) in [5.74, 6) is 6.09. The Morgan fingerprint density at radius 1 is 1.26 bits per heavy atom. The van der Waals surface area contributed by atoms with E-state index >= 15 is 0 Å². The van der Waals surface area contributed by atoms with E-state index in [9.17, 15) is 14.7 Å². The van der Waals surface area contributed by atoms with Crippen LogP contribution in [0.4, 0.5) is 0 Å². The first-order chi connectivity index (χ1) is 18.3. The predicted molar refractivity (Wildman–Crippen MR) is 137 cm³/mol. The number of carbonyl (C=O) groups is 2. The minimum atomic E-state index is -0.801. The summed E-state index contributed by atoms with van der Waals surface area (Å²) in [6, 6.07) is 10.7. The number of nitrogens with one attached hydrogen (secondary N) is 1. The van der Waals surface area contributed by atoms with Gasteiger partial charge in [0.05, 0.1) is 18.3 Å². The van der Waals surface area contributed by atoms with Gasteiger partial charge in [0.1, 0.15) is 35.7 Å². The fraction of sp³-hybridized carbons (Fsp3) is 0.222. The zero-order valence-electron chi connectivity index (χ0n) is 20.8. The molecule has 1 aromatic carbocycles. The predicted octanol–water partition coefficient (Wildman–Crippen LogP) is 2.08. The van der Waals surface area contributed by atoms with Crippen LogP contribution < -0.4 is 15.8 Å². The number of nitrogens with two attached hydrogens (primary N) is 1. The molecule has 2 amide bonds. The average molecular weight is 515 g/mol. The highest BCUT2D eigenvalue weighted by molar-refractivity contribution is 6.05. The van der Waals surface area contributed by atoms with E-state index in [1.165, 1.54) is 0 Å². The molecule has 1 aliphatic rings. The van der Waals surface area contributed by atoms with Gasteiger partial charge in [-0.2, -0.15) is 0 Å². The molecule has 0 aliphatic carbocycles. The van der Waals surface area contributed by atoms with Crippen molar-refractivity contribution in [3.63, 3.8) is 0 Å². The van der Waals surface area contributed by atoms with E-state index in [1.54, 1.807) is 60.4 Å². The van der Waals surface area contributed by atoms with Crippen LogP contribution in [-0.2, 0) is 13.1 Å². The lowest BCUT2D eigenvalue weighted by Gasteiger charge is -2.10. The molecule has 194 valence electrons. The van der Waals surface area contributed by atoms with E-state index in [4.69, 9.17) is 10.5 Å². The molecule has 0 saturated carbocycles. The largest absolute Gasteiger partial charge is 0.491 e. The summed E-state index contributed by atoms with van der Waals surface area (Å²) < 4.78 is 12.0. The lowest BCUT2D eigenvalue weighted by molar-refractivity contribution is 0.0923. The van der Waals surface area contributed by atoms with Crippen molar-refractivity contribution in [1.82, 2.24) is 25.0 Å². The van der Waals surface area contributed by atoms with Gasteiger partial charge in [0.25, 0.3) is 11.8 Å². The number of imidazole rings is 1. The summed E-state index contributed by atoms with van der Waals surface area (Å²) in [5, 5.41) is 15.7. The smallest absolute Gasteiger partial charge is 0.270 e. The number of aliphatic hydroxyl groups excluding tert-OH is 1. The van der Waals surface area contributed by atoms with Crippen molar-refractivity contribution in [2.75, 3.05) is 6.61 Å². The fourth-order valence-electron chi connectivity index (χ4n) is 3.67. The van der Waals surface area contributed by atoms with E-state index < -0.39 is 17.9 Å². The summed E-state index contributed by atoms with van der Waals surface area (Å²) in [4.78, 5) is 33.6. The van der Waals surface area contributed by atoms with Crippen molar-refractivity contribution in [1.29, 1.82) is 0 Å². The van der Waals surface area contributed by atoms with Crippen molar-refractivity contribution in [3.05, 3.63) is 83.3 Å². The summed E-state index contributed by atoms with van der Waals surface area (Å²) in [6.45, 7) is 4.23. The molecular formula is C27H26N6O5. The Balaban J connectivity index is 0.000000494. The van der Waals surface area contributed by atoms with Crippen molar-refractivity contribution in [3.8, 4) is 29.0 Å². The second-order valence-corrected chi connectivity index (χ2v) is 8.32. The van der Waals surface area contributed by atoms with Crippen LogP contribution in [0.2, 0.25) is 0 Å². The number of pyridine rings is 1. The van der Waals surface area contributed by atoms with Gasteiger partial charge in [0, 0.05) is 30.6 Å². The molecule has 4 aromatic rings. The van der Waals surface area contributed by atoms with Crippen molar-refractivity contribution in [2.45, 2.75) is 33.0 Å². The number of ether oxygens (including phenoxy) is 1. The van der Waals surface area contributed by atoms with Gasteiger partial charge in [-0.1, -0.05) is 23.1 Å². The molecule has 0 spiro atoms. The van der Waals surface area contributed by atoms with E-state index in [0.717, 1.165) is 11.3 Å². The van der Waals surface area contributed by atoms with E-state index in [2.05, 4.69) is 36.8 Å². The van der Waals surface area contributed by atoms with E-state index in [0.29, 0.717) is 29.2 Å². The Morgan fingerprint density at radius 2 is 2.11 bits per heavy atom.